The molecule has 5 nitrogen and oxygen atoms in total. The maximum absolute atomic E-state index is 5.64. The molecule has 0 unspecified atom stereocenters. The third-order valence-corrected chi connectivity index (χ3v) is 6.26. The van der Waals surface area contributed by atoms with Crippen LogP contribution in [0.4, 0.5) is 5.69 Å². The summed E-state index contributed by atoms with van der Waals surface area (Å²) in [6.07, 6.45) is 7.71. The standard InChI is InChI=1S/C24H34N4O/c1-20-17-25-9-8-23(20)28-13-5-12-27(14-15-28)18-21-6-7-24(29-2)22(16-21)19-26-10-3-4-11-26/h6-9,16-17H,3-5,10-15,18-19H2,1-2H3. The second-order valence-electron chi connectivity index (χ2n) is 8.41. The number of benzene rings is 1. The van der Waals surface area contributed by atoms with E-state index in [1.54, 1.807) is 7.11 Å². The van der Waals surface area contributed by atoms with Crippen molar-refractivity contribution in [1.29, 1.82) is 0 Å². The Labute approximate surface area is 175 Å². The highest BCUT2D eigenvalue weighted by Crippen LogP contribution is 2.25. The summed E-state index contributed by atoms with van der Waals surface area (Å²) in [6, 6.07) is 8.92. The lowest BCUT2D eigenvalue weighted by Gasteiger charge is -2.25. The Morgan fingerprint density at radius 3 is 2.48 bits per heavy atom. The number of aryl methyl sites for hydroxylation is 1. The molecular formula is C24H34N4O. The van der Waals surface area contributed by atoms with E-state index in [4.69, 9.17) is 4.74 Å². The number of hydrogen-bond donors (Lipinski definition) is 0. The van der Waals surface area contributed by atoms with Crippen molar-refractivity contribution in [3.63, 3.8) is 0 Å². The van der Waals surface area contributed by atoms with Crippen molar-refractivity contribution in [2.75, 3.05) is 51.3 Å². The second-order valence-corrected chi connectivity index (χ2v) is 8.41. The minimum Gasteiger partial charge on any atom is -0.496 e. The summed E-state index contributed by atoms with van der Waals surface area (Å²) in [5.74, 6) is 1.02. The third-order valence-electron chi connectivity index (χ3n) is 6.26. The molecule has 5 heteroatoms. The predicted molar refractivity (Wildman–Crippen MR) is 119 cm³/mol. The zero-order valence-electron chi connectivity index (χ0n) is 17.9. The lowest BCUT2D eigenvalue weighted by Crippen LogP contribution is -2.31. The van der Waals surface area contributed by atoms with E-state index in [0.717, 1.165) is 45.0 Å². The largest absolute Gasteiger partial charge is 0.496 e. The number of pyridine rings is 1. The van der Waals surface area contributed by atoms with E-state index in [-0.39, 0.29) is 0 Å². The lowest BCUT2D eigenvalue weighted by molar-refractivity contribution is 0.284. The second kappa shape index (κ2) is 9.59. The SMILES string of the molecule is COc1ccc(CN2CCCN(c3ccncc3C)CC2)cc1CN1CCCC1. The van der Waals surface area contributed by atoms with E-state index in [9.17, 15) is 0 Å². The fourth-order valence-electron chi connectivity index (χ4n) is 4.68. The van der Waals surface area contributed by atoms with Crippen molar-refractivity contribution < 1.29 is 4.74 Å². The molecule has 0 saturated carbocycles. The molecule has 0 aliphatic carbocycles. The first-order valence-electron chi connectivity index (χ1n) is 11.0. The van der Waals surface area contributed by atoms with Crippen molar-refractivity contribution in [3.05, 3.63) is 53.3 Å². The number of methoxy groups -OCH3 is 1. The van der Waals surface area contributed by atoms with Crippen LogP contribution in [0, 0.1) is 6.92 Å². The van der Waals surface area contributed by atoms with Crippen molar-refractivity contribution >= 4 is 5.69 Å². The molecule has 4 rings (SSSR count). The molecule has 2 saturated heterocycles. The van der Waals surface area contributed by atoms with Crippen LogP contribution in [0.2, 0.25) is 0 Å². The van der Waals surface area contributed by atoms with Crippen LogP contribution in [-0.4, -0.2) is 61.2 Å². The molecule has 1 aromatic heterocycles. The Morgan fingerprint density at radius 2 is 1.69 bits per heavy atom. The number of anilines is 1. The summed E-state index contributed by atoms with van der Waals surface area (Å²) < 4.78 is 5.64. The van der Waals surface area contributed by atoms with Crippen LogP contribution in [0.5, 0.6) is 5.75 Å². The summed E-state index contributed by atoms with van der Waals surface area (Å²) >= 11 is 0. The molecule has 0 spiro atoms. The summed E-state index contributed by atoms with van der Waals surface area (Å²) in [5.41, 5.74) is 5.33. The molecule has 2 aromatic rings. The number of aromatic nitrogens is 1. The minimum atomic E-state index is 1.01. The molecule has 0 radical (unpaired) electrons. The number of likely N-dealkylation sites (tertiary alicyclic amines) is 1. The average Bonchev–Trinajstić information content (AvgIpc) is 3.13. The van der Waals surface area contributed by atoms with Gasteiger partial charge < -0.3 is 9.64 Å². The Hall–Kier alpha value is -2.11. The van der Waals surface area contributed by atoms with Gasteiger partial charge in [0.1, 0.15) is 5.75 Å². The highest BCUT2D eigenvalue weighted by Gasteiger charge is 2.18. The molecule has 0 amide bonds. The van der Waals surface area contributed by atoms with E-state index in [1.807, 2.05) is 12.4 Å². The zero-order chi connectivity index (χ0) is 20.1. The monoisotopic (exact) mass is 394 g/mol. The van der Waals surface area contributed by atoms with Gasteiger partial charge in [-0.15, -0.1) is 0 Å². The smallest absolute Gasteiger partial charge is 0.123 e. The van der Waals surface area contributed by atoms with E-state index in [0.29, 0.717) is 0 Å². The number of nitrogens with zero attached hydrogens (tertiary/aromatic N) is 4. The Balaban J connectivity index is 1.40. The number of hydrogen-bond acceptors (Lipinski definition) is 5. The van der Waals surface area contributed by atoms with Crippen LogP contribution in [0.15, 0.2) is 36.7 Å². The number of rotatable bonds is 6. The number of ether oxygens (including phenoxy) is 1. The highest BCUT2D eigenvalue weighted by atomic mass is 16.5. The molecule has 2 aliphatic heterocycles. The molecule has 0 bridgehead atoms. The van der Waals surface area contributed by atoms with Gasteiger partial charge in [0.25, 0.3) is 0 Å². The van der Waals surface area contributed by atoms with Crippen molar-refractivity contribution in [2.24, 2.45) is 0 Å². The summed E-state index contributed by atoms with van der Waals surface area (Å²) in [6.45, 7) is 11.0. The molecule has 29 heavy (non-hydrogen) atoms. The Bertz CT molecular complexity index is 803. The topological polar surface area (TPSA) is 31.8 Å². The highest BCUT2D eigenvalue weighted by molar-refractivity contribution is 5.51. The van der Waals surface area contributed by atoms with E-state index in [1.165, 1.54) is 54.7 Å². The summed E-state index contributed by atoms with van der Waals surface area (Å²) in [4.78, 5) is 11.9. The molecule has 0 atom stereocenters. The van der Waals surface area contributed by atoms with Gasteiger partial charge in [-0.1, -0.05) is 6.07 Å². The van der Waals surface area contributed by atoms with E-state index in [2.05, 4.69) is 50.9 Å². The van der Waals surface area contributed by atoms with E-state index >= 15 is 0 Å². The van der Waals surface area contributed by atoms with Crippen LogP contribution in [0.3, 0.4) is 0 Å². The molecule has 3 heterocycles. The van der Waals surface area contributed by atoms with Gasteiger partial charge in [-0.05, 0) is 68.6 Å². The fourth-order valence-corrected chi connectivity index (χ4v) is 4.68. The van der Waals surface area contributed by atoms with Crippen LogP contribution in [0.25, 0.3) is 0 Å². The average molecular weight is 395 g/mol. The van der Waals surface area contributed by atoms with Crippen molar-refractivity contribution in [3.8, 4) is 5.75 Å². The third kappa shape index (κ3) is 5.09. The van der Waals surface area contributed by atoms with E-state index < -0.39 is 0 Å². The first kappa shape index (κ1) is 20.2. The van der Waals surface area contributed by atoms with Crippen LogP contribution < -0.4 is 9.64 Å². The lowest BCUT2D eigenvalue weighted by atomic mass is 10.1. The van der Waals surface area contributed by atoms with Gasteiger partial charge in [0.05, 0.1) is 7.11 Å². The zero-order valence-corrected chi connectivity index (χ0v) is 17.9. The summed E-state index contributed by atoms with van der Waals surface area (Å²) in [5, 5.41) is 0. The van der Waals surface area contributed by atoms with Gasteiger partial charge >= 0.3 is 0 Å². The predicted octanol–water partition coefficient (Wildman–Crippen LogP) is 3.71. The van der Waals surface area contributed by atoms with Crippen LogP contribution in [0.1, 0.15) is 36.0 Å². The molecule has 0 N–H and O–H groups in total. The Kier molecular flexibility index (Phi) is 6.67. The van der Waals surface area contributed by atoms with Gasteiger partial charge in [0.2, 0.25) is 0 Å². The quantitative estimate of drug-likeness (QED) is 0.746. The Morgan fingerprint density at radius 1 is 0.897 bits per heavy atom. The van der Waals surface area contributed by atoms with Crippen LogP contribution in [-0.2, 0) is 13.1 Å². The summed E-state index contributed by atoms with van der Waals surface area (Å²) in [7, 11) is 1.78. The molecule has 2 fully saturated rings. The minimum absolute atomic E-state index is 1.01. The maximum Gasteiger partial charge on any atom is 0.123 e. The first-order chi connectivity index (χ1) is 14.2. The molecule has 2 aliphatic rings. The molecule has 156 valence electrons. The van der Waals surface area contributed by atoms with Crippen LogP contribution >= 0.6 is 0 Å². The van der Waals surface area contributed by atoms with Crippen molar-refractivity contribution in [1.82, 2.24) is 14.8 Å². The van der Waals surface area contributed by atoms with Gasteiger partial charge in [-0.3, -0.25) is 14.8 Å². The molecular weight excluding hydrogens is 360 g/mol. The van der Waals surface area contributed by atoms with Gasteiger partial charge in [-0.2, -0.15) is 0 Å². The van der Waals surface area contributed by atoms with Crippen molar-refractivity contribution in [2.45, 2.75) is 39.3 Å². The van der Waals surface area contributed by atoms with Gasteiger partial charge in [0, 0.05) is 62.9 Å². The van der Waals surface area contributed by atoms with Gasteiger partial charge in [0.15, 0.2) is 0 Å². The normalized spacial score (nSPS) is 18.8. The molecule has 1 aromatic carbocycles. The van der Waals surface area contributed by atoms with Gasteiger partial charge in [-0.25, -0.2) is 0 Å². The fraction of sp³-hybridized carbons (Fsp3) is 0.542. The first-order valence-corrected chi connectivity index (χ1v) is 11.0. The maximum atomic E-state index is 5.64.